The van der Waals surface area contributed by atoms with Crippen molar-refractivity contribution in [1.82, 2.24) is 0 Å². The Kier molecular flexibility index (Phi) is 7.04. The monoisotopic (exact) mass is 375 g/mol. The lowest BCUT2D eigenvalue weighted by molar-refractivity contribution is -0.122. The maximum Gasteiger partial charge on any atom is 0.338 e. The van der Waals surface area contributed by atoms with Gasteiger partial charge in [0.05, 0.1) is 12.2 Å². The van der Waals surface area contributed by atoms with Crippen molar-refractivity contribution < 1.29 is 19.1 Å². The van der Waals surface area contributed by atoms with Gasteiger partial charge in [-0.15, -0.1) is 0 Å². The lowest BCUT2D eigenvalue weighted by Crippen LogP contribution is -2.32. The fourth-order valence-corrected chi connectivity index (χ4v) is 2.48. The lowest BCUT2D eigenvalue weighted by Gasteiger charge is -2.18. The van der Waals surface area contributed by atoms with Crippen molar-refractivity contribution in [1.29, 1.82) is 0 Å². The van der Waals surface area contributed by atoms with Gasteiger partial charge in [0.15, 0.2) is 6.10 Å². The summed E-state index contributed by atoms with van der Waals surface area (Å²) in [5.74, 6) is -0.0637. The predicted molar refractivity (Wildman–Crippen MR) is 102 cm³/mol. The normalized spacial score (nSPS) is 11.5. The standard InChI is InChI=1S/C20H22ClNO4/c1-4-18(26-16-9-7-15(21)8-10-16)19(23)22-17-11-6-14(12-13(17)3)20(24)25-5-2/h6-12,18H,4-5H2,1-3H3,(H,22,23)/t18-/m1/s1. The highest BCUT2D eigenvalue weighted by Gasteiger charge is 2.19. The summed E-state index contributed by atoms with van der Waals surface area (Å²) in [7, 11) is 0. The van der Waals surface area contributed by atoms with Gasteiger partial charge in [-0.1, -0.05) is 18.5 Å². The molecule has 0 saturated carbocycles. The van der Waals surface area contributed by atoms with E-state index in [0.717, 1.165) is 5.56 Å². The van der Waals surface area contributed by atoms with Crippen LogP contribution in [0.1, 0.15) is 36.2 Å². The quantitative estimate of drug-likeness (QED) is 0.717. The predicted octanol–water partition coefficient (Wildman–Crippen LogP) is 4.62. The number of amides is 1. The first-order valence-electron chi connectivity index (χ1n) is 8.45. The summed E-state index contributed by atoms with van der Waals surface area (Å²) in [6, 6.07) is 11.9. The number of rotatable bonds is 7. The summed E-state index contributed by atoms with van der Waals surface area (Å²) in [5.41, 5.74) is 1.85. The molecular formula is C20H22ClNO4. The van der Waals surface area contributed by atoms with Gasteiger partial charge in [-0.05, 0) is 68.3 Å². The van der Waals surface area contributed by atoms with Crippen LogP contribution in [0.5, 0.6) is 5.75 Å². The van der Waals surface area contributed by atoms with E-state index >= 15 is 0 Å². The van der Waals surface area contributed by atoms with Crippen LogP contribution in [0.3, 0.4) is 0 Å². The molecule has 0 fully saturated rings. The summed E-state index contributed by atoms with van der Waals surface area (Å²) in [6.07, 6.45) is -0.130. The maximum atomic E-state index is 12.5. The second-order valence-electron chi connectivity index (χ2n) is 5.71. The number of halogens is 1. The largest absolute Gasteiger partial charge is 0.481 e. The van der Waals surface area contributed by atoms with Crippen molar-refractivity contribution >= 4 is 29.2 Å². The van der Waals surface area contributed by atoms with E-state index in [1.54, 1.807) is 49.4 Å². The first kappa shape index (κ1) is 19.8. The smallest absolute Gasteiger partial charge is 0.338 e. The molecular weight excluding hydrogens is 354 g/mol. The Labute approximate surface area is 158 Å². The molecule has 0 aliphatic carbocycles. The molecule has 138 valence electrons. The van der Waals surface area contributed by atoms with Crippen LogP contribution in [0.15, 0.2) is 42.5 Å². The van der Waals surface area contributed by atoms with Gasteiger partial charge in [-0.2, -0.15) is 0 Å². The molecule has 2 aromatic rings. The summed E-state index contributed by atoms with van der Waals surface area (Å²) >= 11 is 5.86. The number of hydrogen-bond donors (Lipinski definition) is 1. The summed E-state index contributed by atoms with van der Waals surface area (Å²) in [6.45, 7) is 5.76. The molecule has 5 nitrogen and oxygen atoms in total. The highest BCUT2D eigenvalue weighted by atomic mass is 35.5. The second kappa shape index (κ2) is 9.25. The third-order valence-electron chi connectivity index (χ3n) is 3.75. The number of nitrogens with one attached hydrogen (secondary N) is 1. The minimum Gasteiger partial charge on any atom is -0.481 e. The molecule has 0 bridgehead atoms. The highest BCUT2D eigenvalue weighted by molar-refractivity contribution is 6.30. The van der Waals surface area contributed by atoms with E-state index in [4.69, 9.17) is 21.1 Å². The van der Waals surface area contributed by atoms with Crippen molar-refractivity contribution in [3.8, 4) is 5.75 Å². The van der Waals surface area contributed by atoms with E-state index in [9.17, 15) is 9.59 Å². The Bertz CT molecular complexity index is 774. The number of hydrogen-bond acceptors (Lipinski definition) is 4. The van der Waals surface area contributed by atoms with Gasteiger partial charge >= 0.3 is 5.97 Å². The molecule has 2 aromatic carbocycles. The molecule has 0 heterocycles. The Morgan fingerprint density at radius 3 is 2.38 bits per heavy atom. The molecule has 1 atom stereocenters. The van der Waals surface area contributed by atoms with Crippen LogP contribution < -0.4 is 10.1 Å². The number of anilines is 1. The van der Waals surface area contributed by atoms with Gasteiger partial charge in [0.1, 0.15) is 5.75 Å². The van der Waals surface area contributed by atoms with Gasteiger partial charge in [0.25, 0.3) is 5.91 Å². The number of aryl methyl sites for hydroxylation is 1. The molecule has 0 unspecified atom stereocenters. The molecule has 6 heteroatoms. The zero-order chi connectivity index (χ0) is 19.1. The van der Waals surface area contributed by atoms with E-state index < -0.39 is 6.10 Å². The van der Waals surface area contributed by atoms with Crippen molar-refractivity contribution in [3.05, 3.63) is 58.6 Å². The minimum atomic E-state index is -0.639. The fourth-order valence-electron chi connectivity index (χ4n) is 2.36. The number of ether oxygens (including phenoxy) is 2. The van der Waals surface area contributed by atoms with Gasteiger partial charge in [-0.3, -0.25) is 4.79 Å². The minimum absolute atomic E-state index is 0.255. The van der Waals surface area contributed by atoms with Crippen molar-refractivity contribution in [2.75, 3.05) is 11.9 Å². The Balaban J connectivity index is 2.07. The Morgan fingerprint density at radius 1 is 1.12 bits per heavy atom. The van der Waals surface area contributed by atoms with Crippen LogP contribution in [0.4, 0.5) is 5.69 Å². The highest BCUT2D eigenvalue weighted by Crippen LogP contribution is 2.20. The van der Waals surface area contributed by atoms with Crippen LogP contribution in [0.2, 0.25) is 5.02 Å². The lowest BCUT2D eigenvalue weighted by atomic mass is 10.1. The molecule has 0 aliphatic rings. The fraction of sp³-hybridized carbons (Fsp3) is 0.300. The SMILES string of the molecule is CCOC(=O)c1ccc(NC(=O)[C@@H](CC)Oc2ccc(Cl)cc2)c(C)c1. The maximum absolute atomic E-state index is 12.5. The summed E-state index contributed by atoms with van der Waals surface area (Å²) < 4.78 is 10.7. The van der Waals surface area contributed by atoms with E-state index in [2.05, 4.69) is 5.32 Å². The van der Waals surface area contributed by atoms with Crippen LogP contribution in [-0.4, -0.2) is 24.6 Å². The molecule has 1 N–H and O–H groups in total. The Hall–Kier alpha value is -2.53. The van der Waals surface area contributed by atoms with Crippen molar-refractivity contribution in [3.63, 3.8) is 0 Å². The average molecular weight is 376 g/mol. The molecule has 1 amide bonds. The molecule has 0 radical (unpaired) electrons. The average Bonchev–Trinajstić information content (AvgIpc) is 2.63. The van der Waals surface area contributed by atoms with Crippen LogP contribution in [0, 0.1) is 6.92 Å². The van der Waals surface area contributed by atoms with Crippen molar-refractivity contribution in [2.24, 2.45) is 0 Å². The van der Waals surface area contributed by atoms with Gasteiger partial charge in [-0.25, -0.2) is 4.79 Å². The van der Waals surface area contributed by atoms with Crippen LogP contribution in [0.25, 0.3) is 0 Å². The first-order chi connectivity index (χ1) is 12.4. The molecule has 2 rings (SSSR count). The second-order valence-corrected chi connectivity index (χ2v) is 6.14. The molecule has 0 aliphatic heterocycles. The molecule has 0 saturated heterocycles. The number of benzene rings is 2. The van der Waals surface area contributed by atoms with E-state index in [1.165, 1.54) is 0 Å². The molecule has 26 heavy (non-hydrogen) atoms. The number of esters is 1. The van der Waals surface area contributed by atoms with E-state index in [0.29, 0.717) is 35.1 Å². The number of carbonyl (C=O) groups excluding carboxylic acids is 2. The van der Waals surface area contributed by atoms with E-state index in [-0.39, 0.29) is 11.9 Å². The van der Waals surface area contributed by atoms with Gasteiger partial charge < -0.3 is 14.8 Å². The van der Waals surface area contributed by atoms with Crippen molar-refractivity contribution in [2.45, 2.75) is 33.3 Å². The van der Waals surface area contributed by atoms with Crippen LogP contribution >= 0.6 is 11.6 Å². The zero-order valence-corrected chi connectivity index (χ0v) is 15.8. The Morgan fingerprint density at radius 2 is 1.81 bits per heavy atom. The van der Waals surface area contributed by atoms with Crippen LogP contribution in [-0.2, 0) is 9.53 Å². The van der Waals surface area contributed by atoms with Gasteiger partial charge in [0, 0.05) is 10.7 Å². The topological polar surface area (TPSA) is 64.6 Å². The third kappa shape index (κ3) is 5.23. The molecule has 0 aromatic heterocycles. The zero-order valence-electron chi connectivity index (χ0n) is 15.0. The summed E-state index contributed by atoms with van der Waals surface area (Å²) in [4.78, 5) is 24.3. The number of carbonyl (C=O) groups is 2. The third-order valence-corrected chi connectivity index (χ3v) is 4.00. The van der Waals surface area contributed by atoms with E-state index in [1.807, 2.05) is 13.8 Å². The summed E-state index contributed by atoms with van der Waals surface area (Å²) in [5, 5.41) is 3.45. The van der Waals surface area contributed by atoms with Gasteiger partial charge in [0.2, 0.25) is 0 Å². The molecule has 0 spiro atoms. The first-order valence-corrected chi connectivity index (χ1v) is 8.83.